The summed E-state index contributed by atoms with van der Waals surface area (Å²) >= 11 is 0.995. The van der Waals surface area contributed by atoms with Crippen LogP contribution in [-0.2, 0) is 10.1 Å². The number of ether oxygens (including phenoxy) is 1. The topological polar surface area (TPSA) is 174 Å². The van der Waals surface area contributed by atoms with E-state index in [0.717, 1.165) is 23.5 Å². The Kier molecular flexibility index (Phi) is 7.94. The number of nitriles is 1. The Morgan fingerprint density at radius 3 is 2.49 bits per heavy atom. The van der Waals surface area contributed by atoms with Gasteiger partial charge in [0.25, 0.3) is 11.6 Å². The first kappa shape index (κ1) is 26.9. The Bertz CT molecular complexity index is 1730. The van der Waals surface area contributed by atoms with Crippen LogP contribution in [0.25, 0.3) is 11.6 Å². The Morgan fingerprint density at radius 2 is 1.79 bits per heavy atom. The van der Waals surface area contributed by atoms with Crippen molar-refractivity contribution in [2.24, 2.45) is 0 Å². The van der Waals surface area contributed by atoms with E-state index >= 15 is 0 Å². The third kappa shape index (κ3) is 6.24. The Morgan fingerprint density at radius 1 is 1.08 bits per heavy atom. The summed E-state index contributed by atoms with van der Waals surface area (Å²) < 4.78 is 35.9. The van der Waals surface area contributed by atoms with Crippen LogP contribution in [0.5, 0.6) is 11.5 Å². The lowest BCUT2D eigenvalue weighted by Crippen LogP contribution is -2.12. The van der Waals surface area contributed by atoms with Crippen molar-refractivity contribution < 1.29 is 27.1 Å². The molecular formula is C25H17N5O7S2. The molecule has 0 radical (unpaired) electrons. The normalized spacial score (nSPS) is 11.3. The second-order valence-electron chi connectivity index (χ2n) is 7.57. The van der Waals surface area contributed by atoms with Crippen molar-refractivity contribution in [3.8, 4) is 17.6 Å². The van der Waals surface area contributed by atoms with Gasteiger partial charge in [-0.05, 0) is 42.0 Å². The first-order valence-corrected chi connectivity index (χ1v) is 13.1. The average Bonchev–Trinajstić information content (AvgIpc) is 3.40. The highest BCUT2D eigenvalue weighted by Gasteiger charge is 2.28. The van der Waals surface area contributed by atoms with Crippen molar-refractivity contribution in [3.63, 3.8) is 0 Å². The van der Waals surface area contributed by atoms with Crippen molar-refractivity contribution in [1.82, 2.24) is 10.2 Å². The molecule has 4 aromatic rings. The van der Waals surface area contributed by atoms with Gasteiger partial charge in [0.1, 0.15) is 6.07 Å². The molecule has 0 bridgehead atoms. The van der Waals surface area contributed by atoms with Gasteiger partial charge in [-0.3, -0.25) is 20.2 Å². The molecule has 0 unspecified atom stereocenters. The van der Waals surface area contributed by atoms with Gasteiger partial charge >= 0.3 is 10.1 Å². The Labute approximate surface area is 226 Å². The largest absolute Gasteiger partial charge is 0.493 e. The predicted octanol–water partition coefficient (Wildman–Crippen LogP) is 4.54. The molecule has 12 nitrogen and oxygen atoms in total. The number of methoxy groups -OCH3 is 1. The van der Waals surface area contributed by atoms with Crippen LogP contribution in [0.1, 0.15) is 20.9 Å². The highest BCUT2D eigenvalue weighted by atomic mass is 32.2. The number of allylic oxidation sites excluding steroid dienone is 1. The predicted molar refractivity (Wildman–Crippen MR) is 142 cm³/mol. The number of carbonyl (C=O) groups excluding carboxylic acids is 1. The van der Waals surface area contributed by atoms with Gasteiger partial charge in [-0.1, -0.05) is 47.7 Å². The van der Waals surface area contributed by atoms with E-state index in [4.69, 9.17) is 8.92 Å². The highest BCUT2D eigenvalue weighted by Crippen LogP contribution is 2.34. The van der Waals surface area contributed by atoms with Gasteiger partial charge in [0.15, 0.2) is 21.4 Å². The second-order valence-corrected chi connectivity index (χ2v) is 10.1. The summed E-state index contributed by atoms with van der Waals surface area (Å²) in [7, 11) is -3.29. The van der Waals surface area contributed by atoms with Gasteiger partial charge < -0.3 is 8.92 Å². The zero-order chi connectivity index (χ0) is 28.0. The van der Waals surface area contributed by atoms with Crippen LogP contribution in [0.15, 0.2) is 77.7 Å². The fraction of sp³-hybridized carbons (Fsp3) is 0.0400. The van der Waals surface area contributed by atoms with Gasteiger partial charge in [0.05, 0.1) is 17.6 Å². The van der Waals surface area contributed by atoms with Gasteiger partial charge in [0.2, 0.25) is 5.13 Å². The van der Waals surface area contributed by atoms with E-state index in [2.05, 4.69) is 15.5 Å². The summed E-state index contributed by atoms with van der Waals surface area (Å²) in [5.41, 5.74) is 0.356. The molecule has 0 fully saturated rings. The number of nitrogens with zero attached hydrogens (tertiary/aromatic N) is 4. The smallest absolute Gasteiger partial charge is 0.346 e. The fourth-order valence-electron chi connectivity index (χ4n) is 3.28. The standard InChI is InChI=1S/C25H17N5O7S2/c1-36-21-14-16(11-12-20(21)37-39(34,35)22-10-6-5-9-19(22)30(32)33)13-18(15-26)24-28-29-25(38-24)27-23(31)17-7-3-2-4-8-17/h2-14H,1H3,(H,27,29,31)/b18-13+. The zero-order valence-electron chi connectivity index (χ0n) is 20.0. The van der Waals surface area contributed by atoms with Crippen LogP contribution in [0.3, 0.4) is 0 Å². The molecule has 196 valence electrons. The molecule has 4 rings (SSSR count). The van der Waals surface area contributed by atoms with Crippen LogP contribution in [0.2, 0.25) is 0 Å². The minimum Gasteiger partial charge on any atom is -0.493 e. The molecule has 14 heteroatoms. The van der Waals surface area contributed by atoms with E-state index in [9.17, 15) is 28.6 Å². The molecule has 0 aliphatic rings. The van der Waals surface area contributed by atoms with Crippen molar-refractivity contribution >= 4 is 49.8 Å². The van der Waals surface area contributed by atoms with Crippen LogP contribution in [0, 0.1) is 21.4 Å². The van der Waals surface area contributed by atoms with Crippen LogP contribution < -0.4 is 14.2 Å². The molecule has 0 atom stereocenters. The molecule has 1 amide bonds. The number of para-hydroxylation sites is 1. The first-order chi connectivity index (χ1) is 18.7. The lowest BCUT2D eigenvalue weighted by atomic mass is 10.1. The maximum atomic E-state index is 12.8. The van der Waals surface area contributed by atoms with Crippen molar-refractivity contribution in [3.05, 3.63) is 99.0 Å². The summed E-state index contributed by atoms with van der Waals surface area (Å²) in [6.07, 6.45) is 1.46. The number of rotatable bonds is 9. The van der Waals surface area contributed by atoms with E-state index in [-0.39, 0.29) is 33.1 Å². The van der Waals surface area contributed by atoms with Crippen molar-refractivity contribution in [2.45, 2.75) is 4.90 Å². The average molecular weight is 564 g/mol. The third-order valence-corrected chi connectivity index (χ3v) is 7.22. The zero-order valence-corrected chi connectivity index (χ0v) is 21.6. The molecule has 39 heavy (non-hydrogen) atoms. The van der Waals surface area contributed by atoms with Crippen LogP contribution >= 0.6 is 11.3 Å². The molecule has 0 aliphatic heterocycles. The third-order valence-electron chi connectivity index (χ3n) is 5.06. The van der Waals surface area contributed by atoms with Crippen LogP contribution in [-0.4, -0.2) is 36.6 Å². The molecule has 1 N–H and O–H groups in total. The molecule has 0 spiro atoms. The summed E-state index contributed by atoms with van der Waals surface area (Å²) in [5.74, 6) is -0.596. The molecule has 0 aliphatic carbocycles. The van der Waals surface area contributed by atoms with E-state index < -0.39 is 25.6 Å². The minimum atomic E-state index is -4.57. The number of nitro groups is 1. The number of benzene rings is 3. The molecule has 1 aromatic heterocycles. The number of aromatic nitrogens is 2. The molecule has 1 heterocycles. The Balaban J connectivity index is 1.57. The van der Waals surface area contributed by atoms with Gasteiger partial charge in [-0.15, -0.1) is 10.2 Å². The summed E-state index contributed by atoms with van der Waals surface area (Å²) in [4.78, 5) is 22.2. The van der Waals surface area contributed by atoms with E-state index in [1.54, 1.807) is 30.3 Å². The number of amides is 1. The lowest BCUT2D eigenvalue weighted by molar-refractivity contribution is -0.387. The number of anilines is 1. The Hall–Kier alpha value is -5.13. The quantitative estimate of drug-likeness (QED) is 0.132. The van der Waals surface area contributed by atoms with Gasteiger partial charge in [0, 0.05) is 11.6 Å². The number of nitrogens with one attached hydrogen (secondary N) is 1. The number of hydrogen-bond donors (Lipinski definition) is 1. The SMILES string of the molecule is COc1cc(/C=C(\C#N)c2nnc(NC(=O)c3ccccc3)s2)ccc1OS(=O)(=O)c1ccccc1[N+](=O)[O-]. The second kappa shape index (κ2) is 11.5. The first-order valence-electron chi connectivity index (χ1n) is 10.9. The van der Waals surface area contributed by atoms with E-state index in [1.165, 1.54) is 43.5 Å². The van der Waals surface area contributed by atoms with Gasteiger partial charge in [-0.25, -0.2) is 0 Å². The van der Waals surface area contributed by atoms with Crippen molar-refractivity contribution in [1.29, 1.82) is 5.26 Å². The molecule has 0 saturated carbocycles. The summed E-state index contributed by atoms with van der Waals surface area (Å²) in [6, 6.07) is 19.5. The maximum Gasteiger partial charge on any atom is 0.346 e. The van der Waals surface area contributed by atoms with Crippen molar-refractivity contribution in [2.75, 3.05) is 12.4 Å². The highest BCUT2D eigenvalue weighted by molar-refractivity contribution is 7.87. The fourth-order valence-corrected chi connectivity index (χ4v) is 5.09. The maximum absolute atomic E-state index is 12.8. The van der Waals surface area contributed by atoms with Crippen LogP contribution in [0.4, 0.5) is 10.8 Å². The number of nitro benzene ring substituents is 1. The van der Waals surface area contributed by atoms with E-state index in [0.29, 0.717) is 11.1 Å². The lowest BCUT2D eigenvalue weighted by Gasteiger charge is -2.11. The summed E-state index contributed by atoms with van der Waals surface area (Å²) in [5, 5.41) is 31.9. The molecular weight excluding hydrogens is 546 g/mol. The number of hydrogen-bond acceptors (Lipinski definition) is 11. The minimum absolute atomic E-state index is 0.00345. The monoisotopic (exact) mass is 563 g/mol. The number of carbonyl (C=O) groups is 1. The summed E-state index contributed by atoms with van der Waals surface area (Å²) in [6.45, 7) is 0. The van der Waals surface area contributed by atoms with E-state index in [1.807, 2.05) is 6.07 Å². The van der Waals surface area contributed by atoms with Gasteiger partial charge in [-0.2, -0.15) is 13.7 Å². The molecule has 3 aromatic carbocycles. The molecule has 0 saturated heterocycles.